The predicted octanol–water partition coefficient (Wildman–Crippen LogP) is 1.35. The normalized spacial score (nSPS) is 13.5. The molecular formula is C14H16N4O. The van der Waals surface area contributed by atoms with E-state index in [1.165, 1.54) is 0 Å². The summed E-state index contributed by atoms with van der Waals surface area (Å²) in [4.78, 5) is 11.4. The van der Waals surface area contributed by atoms with Crippen LogP contribution >= 0.6 is 0 Å². The number of fused-ring (bicyclic) bond motifs is 1. The predicted molar refractivity (Wildman–Crippen MR) is 73.6 cm³/mol. The summed E-state index contributed by atoms with van der Waals surface area (Å²) in [5.74, 6) is 0.0523. The van der Waals surface area contributed by atoms with Gasteiger partial charge >= 0.3 is 0 Å². The molecule has 1 aromatic heterocycles. The zero-order valence-corrected chi connectivity index (χ0v) is 11.0. The molecule has 0 fully saturated rings. The van der Waals surface area contributed by atoms with Gasteiger partial charge in [-0.3, -0.25) is 9.48 Å². The van der Waals surface area contributed by atoms with E-state index in [1.54, 1.807) is 0 Å². The van der Waals surface area contributed by atoms with Gasteiger partial charge in [0.05, 0.1) is 17.8 Å². The van der Waals surface area contributed by atoms with Gasteiger partial charge in [0.15, 0.2) is 0 Å². The van der Waals surface area contributed by atoms with Gasteiger partial charge in [-0.25, -0.2) is 0 Å². The number of hydrogen-bond acceptors (Lipinski definition) is 3. The summed E-state index contributed by atoms with van der Waals surface area (Å²) >= 11 is 0. The van der Waals surface area contributed by atoms with Crippen molar-refractivity contribution in [1.82, 2.24) is 9.78 Å². The van der Waals surface area contributed by atoms with Crippen molar-refractivity contribution in [2.24, 2.45) is 12.8 Å². The summed E-state index contributed by atoms with van der Waals surface area (Å²) in [5.41, 5.74) is 11.8. The number of anilines is 1. The second-order valence-electron chi connectivity index (χ2n) is 4.84. The van der Waals surface area contributed by atoms with E-state index in [0.717, 1.165) is 33.8 Å². The Labute approximate surface area is 111 Å². The highest BCUT2D eigenvalue weighted by molar-refractivity contribution is 5.99. The van der Waals surface area contributed by atoms with Crippen molar-refractivity contribution in [2.75, 3.05) is 5.32 Å². The Morgan fingerprint density at radius 1 is 1.47 bits per heavy atom. The number of carbonyl (C=O) groups excluding carboxylic acids is 1. The van der Waals surface area contributed by atoms with Crippen LogP contribution in [0.25, 0.3) is 11.3 Å². The third-order valence-corrected chi connectivity index (χ3v) is 3.58. The lowest BCUT2D eigenvalue weighted by Gasteiger charge is -2.06. The van der Waals surface area contributed by atoms with Crippen LogP contribution in [0.5, 0.6) is 0 Å². The van der Waals surface area contributed by atoms with Gasteiger partial charge in [0, 0.05) is 24.8 Å². The number of rotatable bonds is 2. The number of nitrogens with zero attached hydrogens (tertiary/aromatic N) is 2. The lowest BCUT2D eigenvalue weighted by Crippen LogP contribution is -2.03. The topological polar surface area (TPSA) is 72.9 Å². The largest absolute Gasteiger partial charge is 0.326 e. The monoisotopic (exact) mass is 256 g/mol. The molecule has 0 unspecified atom stereocenters. The van der Waals surface area contributed by atoms with Crippen molar-refractivity contribution >= 4 is 11.6 Å². The molecule has 5 heteroatoms. The van der Waals surface area contributed by atoms with E-state index in [2.05, 4.69) is 16.5 Å². The Morgan fingerprint density at radius 3 is 2.95 bits per heavy atom. The van der Waals surface area contributed by atoms with Crippen LogP contribution in [0.1, 0.15) is 16.8 Å². The Bertz CT molecular complexity index is 672. The van der Waals surface area contributed by atoms with Gasteiger partial charge in [-0.15, -0.1) is 0 Å². The smallest absolute Gasteiger partial charge is 0.228 e. The Kier molecular flexibility index (Phi) is 2.64. The fraction of sp³-hybridized carbons (Fsp3) is 0.286. The fourth-order valence-electron chi connectivity index (χ4n) is 2.66. The molecule has 1 aliphatic heterocycles. The van der Waals surface area contributed by atoms with Crippen molar-refractivity contribution in [3.63, 3.8) is 0 Å². The van der Waals surface area contributed by atoms with Gasteiger partial charge in [0.1, 0.15) is 0 Å². The molecule has 0 atom stereocenters. The van der Waals surface area contributed by atoms with Crippen LogP contribution < -0.4 is 11.1 Å². The number of nitrogens with one attached hydrogen (secondary N) is 1. The van der Waals surface area contributed by atoms with Crippen LogP contribution in [0, 0.1) is 6.92 Å². The summed E-state index contributed by atoms with van der Waals surface area (Å²) in [6, 6.07) is 6.01. The summed E-state index contributed by atoms with van der Waals surface area (Å²) in [7, 11) is 1.91. The fourth-order valence-corrected chi connectivity index (χ4v) is 2.66. The van der Waals surface area contributed by atoms with Gasteiger partial charge in [-0.1, -0.05) is 6.07 Å². The average molecular weight is 256 g/mol. The van der Waals surface area contributed by atoms with E-state index >= 15 is 0 Å². The molecule has 0 saturated carbocycles. The summed E-state index contributed by atoms with van der Waals surface area (Å²) in [6.07, 6.45) is 0.448. The van der Waals surface area contributed by atoms with E-state index in [1.807, 2.05) is 30.8 Å². The molecule has 0 aliphatic carbocycles. The van der Waals surface area contributed by atoms with Gasteiger partial charge in [0.25, 0.3) is 0 Å². The standard InChI is InChI=1S/C14H16N4O/c1-8-12(7-15)17-18(2)14(8)9-3-4-11-10(5-9)6-13(19)16-11/h3-5H,6-7,15H2,1-2H3,(H,16,19). The molecule has 0 saturated heterocycles. The minimum atomic E-state index is 0.0523. The number of aromatic nitrogens is 2. The molecule has 0 bridgehead atoms. The third kappa shape index (κ3) is 1.82. The van der Waals surface area contributed by atoms with Gasteiger partial charge in [-0.2, -0.15) is 5.10 Å². The van der Waals surface area contributed by atoms with E-state index in [9.17, 15) is 4.79 Å². The first-order valence-electron chi connectivity index (χ1n) is 6.26. The van der Waals surface area contributed by atoms with Crippen LogP contribution in [0.2, 0.25) is 0 Å². The Hall–Kier alpha value is -2.14. The molecule has 2 heterocycles. The molecule has 2 aromatic rings. The third-order valence-electron chi connectivity index (χ3n) is 3.58. The van der Waals surface area contributed by atoms with E-state index in [-0.39, 0.29) is 5.91 Å². The molecule has 19 heavy (non-hydrogen) atoms. The lowest BCUT2D eigenvalue weighted by atomic mass is 10.0. The molecule has 3 N–H and O–H groups in total. The Balaban J connectivity index is 2.11. The lowest BCUT2D eigenvalue weighted by molar-refractivity contribution is -0.115. The van der Waals surface area contributed by atoms with E-state index < -0.39 is 0 Å². The van der Waals surface area contributed by atoms with E-state index in [0.29, 0.717) is 13.0 Å². The van der Waals surface area contributed by atoms with Crippen LogP contribution in [-0.4, -0.2) is 15.7 Å². The quantitative estimate of drug-likeness (QED) is 0.851. The van der Waals surface area contributed by atoms with E-state index in [4.69, 9.17) is 5.73 Å². The van der Waals surface area contributed by atoms with Crippen LogP contribution in [0.15, 0.2) is 18.2 Å². The first-order chi connectivity index (χ1) is 9.10. The maximum atomic E-state index is 11.4. The minimum absolute atomic E-state index is 0.0523. The highest BCUT2D eigenvalue weighted by atomic mass is 16.1. The van der Waals surface area contributed by atoms with Gasteiger partial charge < -0.3 is 11.1 Å². The number of benzene rings is 1. The molecule has 5 nitrogen and oxygen atoms in total. The van der Waals surface area contributed by atoms with Crippen molar-refractivity contribution in [3.05, 3.63) is 35.0 Å². The molecule has 1 aliphatic rings. The second kappa shape index (κ2) is 4.20. The highest BCUT2D eigenvalue weighted by Gasteiger charge is 2.20. The number of carbonyl (C=O) groups is 1. The Morgan fingerprint density at radius 2 is 2.26 bits per heavy atom. The van der Waals surface area contributed by atoms with Crippen LogP contribution in [0.4, 0.5) is 5.69 Å². The molecule has 3 rings (SSSR count). The number of nitrogens with two attached hydrogens (primary N) is 1. The summed E-state index contributed by atoms with van der Waals surface area (Å²) in [5, 5.41) is 7.26. The summed E-state index contributed by atoms with van der Waals surface area (Å²) in [6.45, 7) is 2.46. The van der Waals surface area contributed by atoms with Gasteiger partial charge in [-0.05, 0) is 30.2 Å². The van der Waals surface area contributed by atoms with Crippen molar-refractivity contribution in [1.29, 1.82) is 0 Å². The van der Waals surface area contributed by atoms with Crippen LogP contribution in [0.3, 0.4) is 0 Å². The summed E-state index contributed by atoms with van der Waals surface area (Å²) < 4.78 is 1.85. The van der Waals surface area contributed by atoms with Gasteiger partial charge in [0.2, 0.25) is 5.91 Å². The molecule has 0 radical (unpaired) electrons. The maximum absolute atomic E-state index is 11.4. The van der Waals surface area contributed by atoms with Crippen molar-refractivity contribution in [2.45, 2.75) is 19.9 Å². The second-order valence-corrected chi connectivity index (χ2v) is 4.84. The number of aryl methyl sites for hydroxylation is 1. The maximum Gasteiger partial charge on any atom is 0.228 e. The molecule has 0 spiro atoms. The first kappa shape index (κ1) is 11.9. The zero-order valence-electron chi connectivity index (χ0n) is 11.0. The molecular weight excluding hydrogens is 240 g/mol. The first-order valence-corrected chi connectivity index (χ1v) is 6.26. The van der Waals surface area contributed by atoms with Crippen LogP contribution in [-0.2, 0) is 24.8 Å². The average Bonchev–Trinajstić information content (AvgIpc) is 2.87. The molecule has 1 amide bonds. The number of hydrogen-bond donors (Lipinski definition) is 2. The highest BCUT2D eigenvalue weighted by Crippen LogP contribution is 2.31. The van der Waals surface area contributed by atoms with Crippen molar-refractivity contribution < 1.29 is 4.79 Å². The number of amides is 1. The minimum Gasteiger partial charge on any atom is -0.326 e. The van der Waals surface area contributed by atoms with Crippen molar-refractivity contribution in [3.8, 4) is 11.3 Å². The molecule has 1 aromatic carbocycles. The molecule has 98 valence electrons. The zero-order chi connectivity index (χ0) is 13.6. The SMILES string of the molecule is Cc1c(CN)nn(C)c1-c1ccc2c(c1)CC(=O)N2.